The smallest absolute Gasteiger partial charge is 0.255 e. The van der Waals surface area contributed by atoms with E-state index < -0.39 is 196 Å². The largest absolute Gasteiger partial charge is 0.489 e. The van der Waals surface area contributed by atoms with Gasteiger partial charge in [0.1, 0.15) is 55.1 Å². The molecule has 3 atom stereocenters. The topological polar surface area (TPSA) is 247 Å². The van der Waals surface area contributed by atoms with Gasteiger partial charge in [0.05, 0.1) is 83.6 Å². The summed E-state index contributed by atoms with van der Waals surface area (Å²) in [4.78, 5) is 119. The van der Waals surface area contributed by atoms with E-state index in [0.717, 1.165) is 14.1 Å². The van der Waals surface area contributed by atoms with Crippen molar-refractivity contribution in [2.75, 3.05) is 92.4 Å². The Labute approximate surface area is 656 Å². The lowest BCUT2D eigenvalue weighted by atomic mass is 10.0. The first-order valence-corrected chi connectivity index (χ1v) is 31.1. The van der Waals surface area contributed by atoms with Crippen LogP contribution in [0.3, 0.4) is 0 Å². The molecule has 9 aliphatic rings. The molecule has 9 aliphatic heterocycles. The number of rotatable bonds is 18. The number of carbonyl (C=O) groups excluding carboxylic acids is 9. The first kappa shape index (κ1) is 43.6. The van der Waals surface area contributed by atoms with Crippen LogP contribution in [-0.4, -0.2) is 203 Å². The summed E-state index contributed by atoms with van der Waals surface area (Å²) >= 11 is 0. The second-order valence-corrected chi connectivity index (χ2v) is 23.1. The third kappa shape index (κ3) is 17.7. The van der Waals surface area contributed by atoms with Gasteiger partial charge in [-0.05, 0) is 89.0 Å². The minimum atomic E-state index is -3.18. The van der Waals surface area contributed by atoms with Gasteiger partial charge >= 0.3 is 0 Å². The van der Waals surface area contributed by atoms with E-state index in [4.69, 9.17) is 60.8 Å². The number of likely N-dealkylation sites (N-methyl/N-ethyl adjacent to an activating group) is 2. The SMILES string of the molecule is C.C.C.[2H]C1([2H])CC([2H])(N2C(=O)c3cccc(OCc4ccc(CN5C([2H])([2H])C([2H])([2H])OC([2H])([2H])C5([2H])[2H])cc4)c3C2([2H])[2H])C(=O)N(C)C1=O.[2H]C1([2H])C[C@]([2H])(N2C(=O)c3cccc(OCc4ccc(CN5C([2H])([2H])C([2H])([2H])OC([2H])([2H])C5([2H])[2H])cc4)c3C2([2H])[2H])C(=O)N(C)C1=O.[2H]C1([2H])OC([2H])([2H])C([2H])([2H])N(Cc2ccc(COc3cccc4c3CN(C3CCC(=O)NC3=O)C4=O)cc2)C1([2H])[2H]. The molecule has 15 rings (SSSR count). The van der Waals surface area contributed by atoms with E-state index in [9.17, 15) is 43.2 Å². The van der Waals surface area contributed by atoms with Gasteiger partial charge in [-0.25, -0.2) is 0 Å². The molecule has 9 amide bonds. The maximum absolute atomic E-state index is 13.5. The Kier molecular flexibility index (Phi) is 14.7. The molecule has 0 radical (unpaired) electrons. The number of amides is 9. The van der Waals surface area contributed by atoms with Gasteiger partial charge in [0.2, 0.25) is 23.6 Å². The molecule has 0 aromatic heterocycles. The maximum atomic E-state index is 13.5. The number of hydrogen-bond donors (Lipinski definition) is 1. The predicted molar refractivity (Wildman–Crippen MR) is 388 cm³/mol. The number of fused-ring (bicyclic) bond motifs is 3. The molecule has 24 nitrogen and oxygen atoms in total. The number of morpholine rings is 3. The van der Waals surface area contributed by atoms with Gasteiger partial charge in [0.25, 0.3) is 29.5 Å². The van der Waals surface area contributed by atoms with Crippen molar-refractivity contribution in [1.29, 1.82) is 0 Å². The Hall–Kier alpha value is -9.69. The lowest BCUT2D eigenvalue weighted by Gasteiger charge is -2.33. The van der Waals surface area contributed by atoms with Gasteiger partial charge in [0.15, 0.2) is 0 Å². The fourth-order valence-electron chi connectivity index (χ4n) is 11.3. The van der Waals surface area contributed by atoms with Crippen LogP contribution in [0.25, 0.3) is 0 Å². The number of carbonyl (C=O) groups is 9. The third-order valence-corrected chi connectivity index (χ3v) is 16.6. The number of imide groups is 3. The standard InChI is InChI=1S/2C26H29N3O5.C25H27N3O5.3CH4/c2*1-27-24(30)10-9-22(26(27)32)29-16-21-20(25(29)31)3-2-4-23(21)34-17-19-7-5-18(6-8-19)15-28-11-13-33-14-12-28;29-23-9-8-21(24(30)26-23)28-15-20-19(25(28)31)2-1-3-22(20)33-16-18-6-4-17(5-7-18)14-27-10-12-32-13-11-27;;;/h2*2-8,22H,9-17H2,1H3;1-7,21H,8-16H2,(H,26,29,30);3*1H4/t22-;;;;;/m0...../s1/i2*10D2,11D2,12D2,13D2,14D2,16D2,22D;10D2,11D2,12D2,13D2;;;. The second-order valence-electron chi connectivity index (χ2n) is 23.1. The van der Waals surface area contributed by atoms with Crippen molar-refractivity contribution in [2.24, 2.45) is 0 Å². The first-order chi connectivity index (χ1) is 61.7. The van der Waals surface area contributed by atoms with Crippen molar-refractivity contribution in [3.63, 3.8) is 0 Å². The maximum Gasteiger partial charge on any atom is 0.255 e. The number of piperidine rings is 3. The molecule has 104 heavy (non-hydrogen) atoms. The Morgan fingerprint density at radius 2 is 0.760 bits per heavy atom. The van der Waals surface area contributed by atoms with Crippen LogP contribution in [0.5, 0.6) is 17.2 Å². The summed E-state index contributed by atoms with van der Waals surface area (Å²) in [7, 11) is 1.91. The van der Waals surface area contributed by atoms with E-state index in [1.165, 1.54) is 89.8 Å². The highest BCUT2D eigenvalue weighted by atomic mass is 16.5. The van der Waals surface area contributed by atoms with Crippen LogP contribution in [0.4, 0.5) is 0 Å². The minimum Gasteiger partial charge on any atom is -0.489 e. The highest BCUT2D eigenvalue weighted by Crippen LogP contribution is 2.38. The van der Waals surface area contributed by atoms with Crippen molar-refractivity contribution in [3.8, 4) is 17.2 Å². The number of benzene rings is 6. The zero-order chi connectivity index (χ0) is 101. The zero-order valence-electron chi connectivity index (χ0n) is 87.7. The van der Waals surface area contributed by atoms with Gasteiger partial charge < -0.3 is 43.1 Å². The van der Waals surface area contributed by atoms with Gasteiger partial charge in [-0.2, -0.15) is 0 Å². The zero-order valence-corrected chi connectivity index (χ0v) is 53.7. The Morgan fingerprint density at radius 3 is 1.12 bits per heavy atom. The van der Waals surface area contributed by atoms with Gasteiger partial charge in [-0.3, -0.25) is 73.0 Å². The Bertz CT molecular complexity index is 5490. The summed E-state index contributed by atoms with van der Waals surface area (Å²) in [6.07, 6.45) is -7.25. The quantitative estimate of drug-likeness (QED) is 0.0797. The summed E-state index contributed by atoms with van der Waals surface area (Å²) in [6.45, 7) is -44.5. The number of hydrogen-bond acceptors (Lipinski definition) is 18. The lowest BCUT2D eigenvalue weighted by molar-refractivity contribution is -0.151. The van der Waals surface area contributed by atoms with Crippen LogP contribution in [0.15, 0.2) is 127 Å². The molecule has 6 saturated heterocycles. The Morgan fingerprint density at radius 1 is 0.433 bits per heavy atom. The molecule has 0 bridgehead atoms. The molecule has 24 heteroatoms. The number of nitrogens with one attached hydrogen (secondary N) is 1. The van der Waals surface area contributed by atoms with Crippen molar-refractivity contribution >= 4 is 53.2 Å². The molecule has 0 saturated carbocycles. The molecular weight excluding hydrogens is 1330 g/mol. The molecule has 2 unspecified atom stereocenters. The summed E-state index contributed by atoms with van der Waals surface area (Å²) in [5, 5.41) is 2.27. The van der Waals surface area contributed by atoms with Crippen molar-refractivity contribution < 1.29 is 118 Å². The molecule has 6 aromatic rings. The van der Waals surface area contributed by atoms with Gasteiger partial charge in [-0.15, -0.1) is 0 Å². The fourth-order valence-corrected chi connectivity index (χ4v) is 11.3. The average Bonchev–Trinajstić information content (AvgIpc) is 1.57. The molecule has 6 aromatic carbocycles. The average molecular weight is 1460 g/mol. The van der Waals surface area contributed by atoms with E-state index >= 15 is 0 Å². The predicted octanol–water partition coefficient (Wildman–Crippen LogP) is 8.17. The molecule has 1 N–H and O–H groups in total. The minimum absolute atomic E-state index is 0. The molecular formula is C80H97N9O15. The number of likely N-dealkylation sites (tertiary alicyclic amines) is 2. The highest BCUT2D eigenvalue weighted by Gasteiger charge is 2.45. The van der Waals surface area contributed by atoms with Crippen LogP contribution in [0, 0.1) is 0 Å². The molecule has 9 heterocycles. The van der Waals surface area contributed by atoms with E-state index in [2.05, 4.69) is 19.5 Å². The highest BCUT2D eigenvalue weighted by molar-refractivity contribution is 6.08. The summed E-state index contributed by atoms with van der Waals surface area (Å²) in [6, 6.07) is 25.1. The molecule has 6 fully saturated rings. The fraction of sp³-hybridized carbons (Fsp3) is 0.438. The third-order valence-electron chi connectivity index (χ3n) is 16.6. The van der Waals surface area contributed by atoms with E-state index in [1.807, 2.05) is 0 Å². The van der Waals surface area contributed by atoms with Gasteiger partial charge in [-0.1, -0.05) is 113 Å². The molecule has 552 valence electrons. The first-order valence-electron chi connectivity index (χ1n) is 48.1. The Balaban J connectivity index is 0.000000212. The van der Waals surface area contributed by atoms with Crippen LogP contribution in [0.2, 0.25) is 0 Å². The second kappa shape index (κ2) is 35.2. The van der Waals surface area contributed by atoms with E-state index in [1.54, 1.807) is 42.5 Å². The van der Waals surface area contributed by atoms with Crippen molar-refractivity contribution in [2.45, 2.75) is 138 Å². The summed E-state index contributed by atoms with van der Waals surface area (Å²) < 4.78 is 308. The van der Waals surface area contributed by atoms with E-state index in [0.29, 0.717) is 73.4 Å². The lowest BCUT2D eigenvalue weighted by Crippen LogP contribution is -2.53. The summed E-state index contributed by atoms with van der Waals surface area (Å²) in [5.74, 6) is -8.08. The van der Waals surface area contributed by atoms with E-state index in [-0.39, 0.29) is 118 Å². The number of ether oxygens (including phenoxy) is 6. The van der Waals surface area contributed by atoms with Crippen LogP contribution in [0.1, 0.15) is 188 Å². The van der Waals surface area contributed by atoms with Crippen LogP contribution < -0.4 is 19.5 Å². The van der Waals surface area contributed by atoms with Crippen LogP contribution in [-0.2, 0) is 102 Å². The van der Waals surface area contributed by atoms with Crippen LogP contribution >= 0.6 is 0 Å². The normalized spacial score (nSPS) is 34.6. The molecule has 0 aliphatic carbocycles. The summed E-state index contributed by atoms with van der Waals surface area (Å²) in [5.41, 5.74) is 2.59. The number of nitrogens with zero attached hydrogens (tertiary/aromatic N) is 8. The van der Waals surface area contributed by atoms with Crippen molar-refractivity contribution in [3.05, 3.63) is 194 Å². The monoisotopic (exact) mass is 1460 g/mol. The van der Waals surface area contributed by atoms with Gasteiger partial charge in [0, 0.05) is 147 Å². The molecule has 0 spiro atoms. The van der Waals surface area contributed by atoms with Crippen molar-refractivity contribution in [1.82, 2.24) is 44.5 Å².